The summed E-state index contributed by atoms with van der Waals surface area (Å²) in [5.41, 5.74) is 1.80. The van der Waals surface area contributed by atoms with Gasteiger partial charge in [0.25, 0.3) is 0 Å². The van der Waals surface area contributed by atoms with E-state index in [1.807, 2.05) is 12.1 Å². The first-order chi connectivity index (χ1) is 9.09. The van der Waals surface area contributed by atoms with Crippen molar-refractivity contribution < 1.29 is 14.6 Å². The van der Waals surface area contributed by atoms with Crippen LogP contribution in [0.15, 0.2) is 24.3 Å². The van der Waals surface area contributed by atoms with Crippen molar-refractivity contribution in [3.63, 3.8) is 0 Å². The Labute approximate surface area is 114 Å². The highest BCUT2D eigenvalue weighted by Gasteiger charge is 2.46. The molecule has 0 unspecified atom stereocenters. The normalized spacial score (nSPS) is 16.8. The molecule has 0 aromatic heterocycles. The topological polar surface area (TPSA) is 49.8 Å². The van der Waals surface area contributed by atoms with Crippen molar-refractivity contribution in [2.45, 2.75) is 13.3 Å². The van der Waals surface area contributed by atoms with E-state index in [4.69, 9.17) is 4.74 Å². The highest BCUT2D eigenvalue weighted by Crippen LogP contribution is 2.29. The predicted molar refractivity (Wildman–Crippen MR) is 72.9 cm³/mol. The lowest BCUT2D eigenvalue weighted by Crippen LogP contribution is -2.56. The summed E-state index contributed by atoms with van der Waals surface area (Å²) in [4.78, 5) is 14.0. The highest BCUT2D eigenvalue weighted by atomic mass is 16.5. The Morgan fingerprint density at radius 1 is 1.42 bits per heavy atom. The molecule has 1 amide bonds. The van der Waals surface area contributed by atoms with Gasteiger partial charge >= 0.3 is 0 Å². The number of carbonyl (C=O) groups excluding carboxylic acids is 1. The van der Waals surface area contributed by atoms with Crippen molar-refractivity contribution in [2.24, 2.45) is 5.41 Å². The number of benzene rings is 1. The predicted octanol–water partition coefficient (Wildman–Crippen LogP) is 1.00. The van der Waals surface area contributed by atoms with Crippen LogP contribution in [0.3, 0.4) is 0 Å². The van der Waals surface area contributed by atoms with Crippen LogP contribution in [0.2, 0.25) is 0 Å². The quantitative estimate of drug-likeness (QED) is 0.862. The van der Waals surface area contributed by atoms with E-state index in [0.717, 1.165) is 6.42 Å². The lowest BCUT2D eigenvalue weighted by molar-refractivity contribution is -0.179. The number of nitrogens with zero attached hydrogens (tertiary/aromatic N) is 1. The zero-order valence-electron chi connectivity index (χ0n) is 11.6. The first-order valence-electron chi connectivity index (χ1n) is 6.58. The third kappa shape index (κ3) is 2.80. The number of amides is 1. The molecule has 104 valence electrons. The summed E-state index contributed by atoms with van der Waals surface area (Å²) in [5.74, 6) is -0.0187. The summed E-state index contributed by atoms with van der Waals surface area (Å²) in [5, 5.41) is 9.36. The van der Waals surface area contributed by atoms with E-state index in [1.54, 1.807) is 11.9 Å². The van der Waals surface area contributed by atoms with Crippen LogP contribution in [0.4, 0.5) is 0 Å². The second kappa shape index (κ2) is 5.72. The standard InChI is InChI=1S/C15H21NO3/c1-12-5-3-4-6-13(12)7-8-16(2)14(18)15(9-17)10-19-11-15/h3-6,17H,7-11H2,1-2H3. The number of aliphatic hydroxyl groups is 1. The fourth-order valence-electron chi connectivity index (χ4n) is 2.32. The van der Waals surface area contributed by atoms with Crippen LogP contribution < -0.4 is 0 Å². The van der Waals surface area contributed by atoms with Gasteiger partial charge < -0.3 is 14.7 Å². The van der Waals surface area contributed by atoms with Crippen molar-refractivity contribution in [1.29, 1.82) is 0 Å². The molecule has 0 atom stereocenters. The van der Waals surface area contributed by atoms with Gasteiger partial charge in [-0.2, -0.15) is 0 Å². The van der Waals surface area contributed by atoms with Crippen molar-refractivity contribution in [2.75, 3.05) is 33.4 Å². The van der Waals surface area contributed by atoms with Crippen LogP contribution in [0.1, 0.15) is 11.1 Å². The van der Waals surface area contributed by atoms with E-state index in [0.29, 0.717) is 19.8 Å². The van der Waals surface area contributed by atoms with Gasteiger partial charge in [-0.15, -0.1) is 0 Å². The minimum Gasteiger partial charge on any atom is -0.395 e. The molecule has 1 saturated heterocycles. The largest absolute Gasteiger partial charge is 0.395 e. The summed E-state index contributed by atoms with van der Waals surface area (Å²) in [6, 6.07) is 8.19. The maximum Gasteiger partial charge on any atom is 0.235 e. The molecule has 1 aromatic carbocycles. The van der Waals surface area contributed by atoms with Crippen molar-refractivity contribution in [3.8, 4) is 0 Å². The zero-order chi connectivity index (χ0) is 13.9. The van der Waals surface area contributed by atoms with E-state index in [-0.39, 0.29) is 12.5 Å². The molecule has 2 rings (SSSR count). The molecular formula is C15H21NO3. The zero-order valence-corrected chi connectivity index (χ0v) is 11.6. The average molecular weight is 263 g/mol. The van der Waals surface area contributed by atoms with Crippen LogP contribution in [0.25, 0.3) is 0 Å². The monoisotopic (exact) mass is 263 g/mol. The van der Waals surface area contributed by atoms with Crippen molar-refractivity contribution >= 4 is 5.91 Å². The smallest absolute Gasteiger partial charge is 0.235 e. The summed E-state index contributed by atoms with van der Waals surface area (Å²) in [6.07, 6.45) is 0.831. The van der Waals surface area contributed by atoms with Gasteiger partial charge in [0.2, 0.25) is 5.91 Å². The Bertz CT molecular complexity index is 449. The van der Waals surface area contributed by atoms with Gasteiger partial charge in [0.05, 0.1) is 19.8 Å². The Balaban J connectivity index is 1.93. The van der Waals surface area contributed by atoms with Gasteiger partial charge in [-0.3, -0.25) is 4.79 Å². The summed E-state index contributed by atoms with van der Waals surface area (Å²) >= 11 is 0. The maximum absolute atomic E-state index is 12.3. The molecule has 4 nitrogen and oxygen atoms in total. The van der Waals surface area contributed by atoms with Gasteiger partial charge in [0.1, 0.15) is 5.41 Å². The first-order valence-corrected chi connectivity index (χ1v) is 6.58. The fourth-order valence-corrected chi connectivity index (χ4v) is 2.32. The van der Waals surface area contributed by atoms with Crippen LogP contribution in [-0.4, -0.2) is 49.3 Å². The van der Waals surface area contributed by atoms with Gasteiger partial charge in [-0.1, -0.05) is 24.3 Å². The number of aliphatic hydroxyl groups excluding tert-OH is 1. The number of likely N-dealkylation sites (N-methyl/N-ethyl adjacent to an activating group) is 1. The molecule has 19 heavy (non-hydrogen) atoms. The molecule has 1 fully saturated rings. The average Bonchev–Trinajstić information content (AvgIpc) is 2.36. The molecule has 0 bridgehead atoms. The molecule has 0 saturated carbocycles. The van der Waals surface area contributed by atoms with Gasteiger partial charge in [0, 0.05) is 13.6 Å². The Morgan fingerprint density at radius 2 is 2.11 bits per heavy atom. The van der Waals surface area contributed by atoms with Crippen LogP contribution in [0, 0.1) is 12.3 Å². The number of aryl methyl sites for hydroxylation is 1. The third-order valence-corrected chi connectivity index (χ3v) is 3.84. The molecule has 1 heterocycles. The maximum atomic E-state index is 12.3. The van der Waals surface area contributed by atoms with E-state index >= 15 is 0 Å². The van der Waals surface area contributed by atoms with E-state index in [9.17, 15) is 9.90 Å². The number of ether oxygens (including phenoxy) is 1. The number of carbonyl (C=O) groups is 1. The summed E-state index contributed by atoms with van der Waals surface area (Å²) in [7, 11) is 1.79. The third-order valence-electron chi connectivity index (χ3n) is 3.84. The minimum absolute atomic E-state index is 0.0187. The van der Waals surface area contributed by atoms with Crippen LogP contribution in [0.5, 0.6) is 0 Å². The molecule has 0 radical (unpaired) electrons. The minimum atomic E-state index is -0.694. The molecule has 4 heteroatoms. The SMILES string of the molecule is Cc1ccccc1CCN(C)C(=O)C1(CO)COC1. The second-order valence-corrected chi connectivity index (χ2v) is 5.33. The van der Waals surface area contributed by atoms with E-state index in [1.165, 1.54) is 11.1 Å². The highest BCUT2D eigenvalue weighted by molar-refractivity contribution is 5.83. The molecule has 1 aliphatic rings. The molecule has 1 aliphatic heterocycles. The lowest BCUT2D eigenvalue weighted by Gasteiger charge is -2.40. The number of rotatable bonds is 5. The molecule has 1 aromatic rings. The fraction of sp³-hybridized carbons (Fsp3) is 0.533. The van der Waals surface area contributed by atoms with E-state index < -0.39 is 5.41 Å². The van der Waals surface area contributed by atoms with Crippen LogP contribution in [-0.2, 0) is 16.0 Å². The molecular weight excluding hydrogens is 242 g/mol. The molecule has 0 spiro atoms. The van der Waals surface area contributed by atoms with Crippen molar-refractivity contribution in [1.82, 2.24) is 4.90 Å². The van der Waals surface area contributed by atoms with Crippen molar-refractivity contribution in [3.05, 3.63) is 35.4 Å². The van der Waals surface area contributed by atoms with Gasteiger partial charge in [-0.05, 0) is 24.5 Å². The Morgan fingerprint density at radius 3 is 2.63 bits per heavy atom. The van der Waals surface area contributed by atoms with Gasteiger partial charge in [0.15, 0.2) is 0 Å². The van der Waals surface area contributed by atoms with E-state index in [2.05, 4.69) is 19.1 Å². The molecule has 0 aliphatic carbocycles. The Kier molecular flexibility index (Phi) is 4.22. The summed E-state index contributed by atoms with van der Waals surface area (Å²) < 4.78 is 5.07. The lowest BCUT2D eigenvalue weighted by atomic mass is 9.85. The second-order valence-electron chi connectivity index (χ2n) is 5.33. The first kappa shape index (κ1) is 14.0. The van der Waals surface area contributed by atoms with Crippen LogP contribution >= 0.6 is 0 Å². The number of hydrogen-bond acceptors (Lipinski definition) is 3. The number of hydrogen-bond donors (Lipinski definition) is 1. The van der Waals surface area contributed by atoms with Gasteiger partial charge in [-0.25, -0.2) is 0 Å². The summed E-state index contributed by atoms with van der Waals surface area (Å²) in [6.45, 7) is 3.26. The Hall–Kier alpha value is -1.39. The molecule has 1 N–H and O–H groups in total.